The summed E-state index contributed by atoms with van der Waals surface area (Å²) in [6.45, 7) is 2.72. The van der Waals surface area contributed by atoms with Gasteiger partial charge in [-0.3, -0.25) is 9.29 Å². The van der Waals surface area contributed by atoms with Gasteiger partial charge in [0, 0.05) is 29.2 Å². The van der Waals surface area contributed by atoms with Gasteiger partial charge in [0.1, 0.15) is 17.0 Å². The van der Waals surface area contributed by atoms with Crippen LogP contribution >= 0.6 is 11.5 Å². The van der Waals surface area contributed by atoms with E-state index in [2.05, 4.69) is 31.2 Å². The number of halogens is 1. The van der Waals surface area contributed by atoms with Gasteiger partial charge < -0.3 is 9.73 Å². The molecule has 35 heavy (non-hydrogen) atoms. The van der Waals surface area contributed by atoms with Gasteiger partial charge in [0.05, 0.1) is 17.6 Å². The van der Waals surface area contributed by atoms with Gasteiger partial charge in [-0.15, -0.1) is 0 Å². The molecule has 1 aliphatic rings. The molecule has 4 aromatic rings. The molecule has 9 nitrogen and oxygen atoms in total. The quantitative estimate of drug-likeness (QED) is 0.394. The zero-order chi connectivity index (χ0) is 24.6. The van der Waals surface area contributed by atoms with Crippen LogP contribution < -0.4 is 15.8 Å². The summed E-state index contributed by atoms with van der Waals surface area (Å²) in [5.41, 5.74) is 1.59. The summed E-state index contributed by atoms with van der Waals surface area (Å²) >= 11 is 0.809. The number of nitrogens with one attached hydrogen (secondary N) is 2. The Morgan fingerprint density at radius 1 is 1.34 bits per heavy atom. The van der Waals surface area contributed by atoms with E-state index in [1.165, 1.54) is 10.9 Å². The second kappa shape index (κ2) is 9.26. The molecule has 2 atom stereocenters. The van der Waals surface area contributed by atoms with Gasteiger partial charge in [-0.25, -0.2) is 22.6 Å². The molecule has 0 spiro atoms. The Kier molecular flexibility index (Phi) is 6.14. The van der Waals surface area contributed by atoms with Crippen molar-refractivity contribution >= 4 is 37.8 Å². The SMILES string of the molecule is C[C@H](c1ccccc1C#CC1CCCN1)n1c(=O)oc2cc(S(=O)(=O)Nc3ncns3)c(F)cc21. The highest BCUT2D eigenvalue weighted by molar-refractivity contribution is 7.93. The number of fused-ring (bicyclic) bond motifs is 1. The number of benzene rings is 2. The molecule has 2 aromatic carbocycles. The van der Waals surface area contributed by atoms with Crippen LogP contribution in [-0.2, 0) is 10.0 Å². The van der Waals surface area contributed by atoms with Crippen LogP contribution in [0.15, 0.2) is 56.8 Å². The lowest BCUT2D eigenvalue weighted by Crippen LogP contribution is -2.20. The Morgan fingerprint density at radius 2 is 2.17 bits per heavy atom. The second-order valence-electron chi connectivity index (χ2n) is 8.02. The molecular weight excluding hydrogens is 493 g/mol. The van der Waals surface area contributed by atoms with E-state index in [0.717, 1.165) is 54.2 Å². The highest BCUT2D eigenvalue weighted by atomic mass is 32.2. The van der Waals surface area contributed by atoms with Crippen LogP contribution in [0, 0.1) is 17.7 Å². The molecule has 1 aliphatic heterocycles. The van der Waals surface area contributed by atoms with Gasteiger partial charge in [0.2, 0.25) is 5.13 Å². The van der Waals surface area contributed by atoms with E-state index in [1.54, 1.807) is 6.92 Å². The zero-order valence-corrected chi connectivity index (χ0v) is 20.1. The molecule has 180 valence electrons. The third kappa shape index (κ3) is 4.58. The third-order valence-corrected chi connectivity index (χ3v) is 7.84. The van der Waals surface area contributed by atoms with Crippen LogP contribution in [0.5, 0.6) is 0 Å². The zero-order valence-electron chi connectivity index (χ0n) is 18.5. The lowest BCUT2D eigenvalue weighted by molar-refractivity contribution is 0.489. The van der Waals surface area contributed by atoms with Gasteiger partial charge in [-0.1, -0.05) is 30.0 Å². The van der Waals surface area contributed by atoms with E-state index in [0.29, 0.717) is 0 Å². The fraction of sp³-hybridized carbons (Fsp3) is 0.261. The minimum Gasteiger partial charge on any atom is -0.408 e. The van der Waals surface area contributed by atoms with E-state index in [1.807, 2.05) is 24.3 Å². The van der Waals surface area contributed by atoms with Crippen LogP contribution in [0.1, 0.15) is 36.9 Å². The smallest absolute Gasteiger partial charge is 0.408 e. The van der Waals surface area contributed by atoms with Crippen molar-refractivity contribution in [3.63, 3.8) is 0 Å². The number of aromatic nitrogens is 3. The monoisotopic (exact) mass is 513 g/mol. The number of sulfonamides is 1. The molecule has 12 heteroatoms. The number of hydrogen-bond acceptors (Lipinski definition) is 8. The predicted octanol–water partition coefficient (Wildman–Crippen LogP) is 3.10. The minimum atomic E-state index is -4.32. The van der Waals surface area contributed by atoms with Crippen molar-refractivity contribution in [3.8, 4) is 11.8 Å². The highest BCUT2D eigenvalue weighted by Crippen LogP contribution is 2.29. The molecule has 0 amide bonds. The van der Waals surface area contributed by atoms with Gasteiger partial charge in [-0.05, 0) is 37.9 Å². The van der Waals surface area contributed by atoms with E-state index in [9.17, 15) is 13.2 Å². The molecule has 2 N–H and O–H groups in total. The number of nitrogens with zero attached hydrogens (tertiary/aromatic N) is 3. The normalized spacial score (nSPS) is 16.7. The molecule has 5 rings (SSSR count). The molecule has 0 aliphatic carbocycles. The first-order valence-corrected chi connectivity index (χ1v) is 13.1. The van der Waals surface area contributed by atoms with E-state index < -0.39 is 32.5 Å². The third-order valence-electron chi connectivity index (χ3n) is 5.78. The maximum Gasteiger partial charge on any atom is 0.420 e. The summed E-state index contributed by atoms with van der Waals surface area (Å²) in [7, 11) is -4.32. The van der Waals surface area contributed by atoms with Crippen molar-refractivity contribution in [1.29, 1.82) is 0 Å². The van der Waals surface area contributed by atoms with Crippen molar-refractivity contribution in [2.24, 2.45) is 0 Å². The van der Waals surface area contributed by atoms with Gasteiger partial charge >= 0.3 is 5.76 Å². The van der Waals surface area contributed by atoms with Gasteiger partial charge in [0.15, 0.2) is 5.58 Å². The Labute approximate surface area is 204 Å². The Hall–Kier alpha value is -3.53. The van der Waals surface area contributed by atoms with Crippen molar-refractivity contribution in [3.05, 3.63) is 70.2 Å². The average Bonchev–Trinajstić information content (AvgIpc) is 3.58. The fourth-order valence-corrected chi connectivity index (χ4v) is 5.82. The van der Waals surface area contributed by atoms with Crippen LogP contribution in [-0.4, -0.2) is 34.9 Å². The first kappa shape index (κ1) is 23.2. The molecule has 0 bridgehead atoms. The van der Waals surface area contributed by atoms with Gasteiger partial charge in [-0.2, -0.15) is 4.37 Å². The van der Waals surface area contributed by atoms with E-state index in [-0.39, 0.29) is 22.3 Å². The summed E-state index contributed by atoms with van der Waals surface area (Å²) in [4.78, 5) is 15.9. The first-order chi connectivity index (χ1) is 16.8. The summed E-state index contributed by atoms with van der Waals surface area (Å²) in [6.07, 6.45) is 3.23. The Morgan fingerprint density at radius 3 is 2.91 bits per heavy atom. The van der Waals surface area contributed by atoms with E-state index in [4.69, 9.17) is 4.42 Å². The van der Waals surface area contributed by atoms with Crippen LogP contribution in [0.25, 0.3) is 11.1 Å². The van der Waals surface area contributed by atoms with Crippen LogP contribution in [0.3, 0.4) is 0 Å². The molecule has 3 heterocycles. The first-order valence-electron chi connectivity index (χ1n) is 10.8. The average molecular weight is 514 g/mol. The van der Waals surface area contributed by atoms with E-state index >= 15 is 4.39 Å². The van der Waals surface area contributed by atoms with Crippen LogP contribution in [0.4, 0.5) is 9.52 Å². The van der Waals surface area contributed by atoms with Gasteiger partial charge in [0.25, 0.3) is 10.0 Å². The number of hydrogen-bond donors (Lipinski definition) is 2. The summed E-state index contributed by atoms with van der Waals surface area (Å²) in [6, 6.07) is 8.97. The summed E-state index contributed by atoms with van der Waals surface area (Å²) in [5, 5.41) is 3.32. The standard InChI is InChI=1S/C23H20FN5O4S2/c1-14(17-7-3-2-5-15(17)8-9-16-6-4-10-25-16)29-19-11-18(24)21(12-20(19)33-23(29)30)35(31,32)28-22-26-13-27-34-22/h2-3,5,7,11-14,16,25H,4,6,10H2,1H3,(H,26,27,28)/t14-,16?/m1/s1. The Balaban J connectivity index is 1.54. The predicted molar refractivity (Wildman–Crippen MR) is 129 cm³/mol. The molecule has 0 saturated carbocycles. The summed E-state index contributed by atoms with van der Waals surface area (Å²) in [5.74, 6) is 4.66. The van der Waals surface area contributed by atoms with Crippen molar-refractivity contribution in [2.75, 3.05) is 11.3 Å². The number of anilines is 1. The second-order valence-corrected chi connectivity index (χ2v) is 10.5. The molecular formula is C23H20FN5O4S2. The molecule has 1 saturated heterocycles. The van der Waals surface area contributed by atoms with Crippen molar-refractivity contribution in [1.82, 2.24) is 19.2 Å². The molecule has 1 fully saturated rings. The lowest BCUT2D eigenvalue weighted by atomic mass is 10.0. The maximum absolute atomic E-state index is 15.0. The lowest BCUT2D eigenvalue weighted by Gasteiger charge is -2.15. The maximum atomic E-state index is 15.0. The minimum absolute atomic E-state index is 0.0114. The number of oxazole rings is 1. The van der Waals surface area contributed by atoms with Crippen LogP contribution in [0.2, 0.25) is 0 Å². The fourth-order valence-electron chi connectivity index (χ4n) is 4.08. The molecule has 1 unspecified atom stereocenters. The van der Waals surface area contributed by atoms with Crippen molar-refractivity contribution < 1.29 is 17.2 Å². The van der Waals surface area contributed by atoms with Crippen molar-refractivity contribution in [2.45, 2.75) is 36.7 Å². The largest absolute Gasteiger partial charge is 0.420 e. The Bertz CT molecular complexity index is 1610. The topological polar surface area (TPSA) is 119 Å². The summed E-state index contributed by atoms with van der Waals surface area (Å²) < 4.78 is 52.9. The molecule has 0 radical (unpaired) electrons. The molecule has 2 aromatic heterocycles. The number of rotatable bonds is 5. The highest BCUT2D eigenvalue weighted by Gasteiger charge is 2.26.